The van der Waals surface area contributed by atoms with Gasteiger partial charge in [0.1, 0.15) is 0 Å². The molecular formula is C10H10ClN3S. The molecule has 0 aromatic heterocycles. The minimum absolute atomic E-state index is 0.145. The zero-order chi connectivity index (χ0) is 11.1. The fourth-order valence-electron chi connectivity index (χ4n) is 0.872. The van der Waals surface area contributed by atoms with Gasteiger partial charge in [-0.25, -0.2) is 0 Å². The molecule has 0 aliphatic rings. The molecule has 15 heavy (non-hydrogen) atoms. The first-order chi connectivity index (χ1) is 7.18. The number of allylic oxidation sites excluding steroid dienone is 1. The van der Waals surface area contributed by atoms with E-state index in [-0.39, 0.29) is 5.11 Å². The summed E-state index contributed by atoms with van der Waals surface area (Å²) in [6.45, 7) is 0. The molecule has 0 spiro atoms. The van der Waals surface area contributed by atoms with Gasteiger partial charge in [0.2, 0.25) is 0 Å². The second kappa shape index (κ2) is 6.16. The van der Waals surface area contributed by atoms with Crippen LogP contribution in [0.15, 0.2) is 35.4 Å². The van der Waals surface area contributed by atoms with Gasteiger partial charge in [0.15, 0.2) is 5.11 Å². The molecule has 3 nitrogen and oxygen atoms in total. The van der Waals surface area contributed by atoms with Crippen molar-refractivity contribution in [3.05, 3.63) is 40.9 Å². The molecule has 0 aliphatic heterocycles. The van der Waals surface area contributed by atoms with Crippen LogP contribution in [0.5, 0.6) is 0 Å². The van der Waals surface area contributed by atoms with Crippen LogP contribution >= 0.6 is 23.8 Å². The summed E-state index contributed by atoms with van der Waals surface area (Å²) in [5.41, 5.74) is 8.66. The summed E-state index contributed by atoms with van der Waals surface area (Å²) in [7, 11) is 0. The summed E-state index contributed by atoms with van der Waals surface area (Å²) in [5.74, 6) is 0. The first kappa shape index (κ1) is 11.7. The first-order valence-corrected chi connectivity index (χ1v) is 4.98. The zero-order valence-electron chi connectivity index (χ0n) is 7.85. The van der Waals surface area contributed by atoms with E-state index in [0.717, 1.165) is 10.6 Å². The lowest BCUT2D eigenvalue weighted by Gasteiger charge is -1.92. The second-order valence-corrected chi connectivity index (χ2v) is 3.54. The summed E-state index contributed by atoms with van der Waals surface area (Å²) in [6, 6.07) is 7.47. The lowest BCUT2D eigenvalue weighted by atomic mass is 10.2. The van der Waals surface area contributed by atoms with Crippen LogP contribution in [0, 0.1) is 0 Å². The van der Waals surface area contributed by atoms with Crippen LogP contribution in [0.3, 0.4) is 0 Å². The van der Waals surface area contributed by atoms with Crippen molar-refractivity contribution in [3.8, 4) is 0 Å². The second-order valence-electron chi connectivity index (χ2n) is 2.66. The number of thiocarbonyl (C=S) groups is 1. The fourth-order valence-corrected chi connectivity index (χ4v) is 1.05. The van der Waals surface area contributed by atoms with E-state index < -0.39 is 0 Å². The van der Waals surface area contributed by atoms with E-state index in [2.05, 4.69) is 22.7 Å². The Bertz CT molecular complexity index is 384. The molecule has 0 unspecified atom stereocenters. The van der Waals surface area contributed by atoms with Gasteiger partial charge in [0, 0.05) is 11.2 Å². The Balaban J connectivity index is 2.47. The van der Waals surface area contributed by atoms with E-state index in [1.165, 1.54) is 0 Å². The number of hydrogen-bond acceptors (Lipinski definition) is 2. The normalized spacial score (nSPS) is 11.0. The van der Waals surface area contributed by atoms with E-state index in [4.69, 9.17) is 17.3 Å². The van der Waals surface area contributed by atoms with Gasteiger partial charge in [0.05, 0.1) is 0 Å². The highest BCUT2D eigenvalue weighted by Crippen LogP contribution is 2.10. The van der Waals surface area contributed by atoms with Crippen molar-refractivity contribution in [3.63, 3.8) is 0 Å². The molecule has 0 saturated heterocycles. The Labute approximate surface area is 98.6 Å². The molecule has 0 radical (unpaired) electrons. The maximum Gasteiger partial charge on any atom is 0.184 e. The zero-order valence-corrected chi connectivity index (χ0v) is 9.42. The van der Waals surface area contributed by atoms with Gasteiger partial charge >= 0.3 is 0 Å². The Hall–Kier alpha value is -1.39. The quantitative estimate of drug-likeness (QED) is 0.483. The van der Waals surface area contributed by atoms with E-state index in [0.29, 0.717) is 0 Å². The average molecular weight is 240 g/mol. The van der Waals surface area contributed by atoms with Gasteiger partial charge in [-0.2, -0.15) is 5.10 Å². The van der Waals surface area contributed by atoms with Gasteiger partial charge in [-0.05, 0) is 36.0 Å². The van der Waals surface area contributed by atoms with Crippen molar-refractivity contribution < 1.29 is 0 Å². The number of rotatable bonds is 3. The third-order valence-corrected chi connectivity index (χ3v) is 1.84. The molecule has 0 saturated carbocycles. The molecule has 0 bridgehead atoms. The summed E-state index contributed by atoms with van der Waals surface area (Å²) in [4.78, 5) is 0. The minimum atomic E-state index is 0.145. The SMILES string of the molecule is NC(=S)N/N=C/C=C/c1ccc(Cl)cc1. The Morgan fingerprint density at radius 1 is 1.40 bits per heavy atom. The van der Waals surface area contributed by atoms with Gasteiger partial charge in [-0.15, -0.1) is 0 Å². The molecule has 0 amide bonds. The van der Waals surface area contributed by atoms with Crippen LogP contribution in [-0.4, -0.2) is 11.3 Å². The summed E-state index contributed by atoms with van der Waals surface area (Å²) in [6.07, 6.45) is 5.23. The number of hydrogen-bond donors (Lipinski definition) is 2. The van der Waals surface area contributed by atoms with Crippen molar-refractivity contribution in [1.29, 1.82) is 0 Å². The lowest BCUT2D eigenvalue weighted by molar-refractivity contribution is 1.04. The standard InChI is InChI=1S/C10H10ClN3S/c11-9-5-3-8(4-6-9)2-1-7-13-14-10(12)15/h1-7H,(H3,12,14,15)/b2-1+,13-7+. The summed E-state index contributed by atoms with van der Waals surface area (Å²) >= 11 is 10.3. The number of nitrogens with zero attached hydrogens (tertiary/aromatic N) is 1. The molecule has 1 aromatic rings. The number of benzene rings is 1. The molecule has 78 valence electrons. The van der Waals surface area contributed by atoms with Crippen LogP contribution in [-0.2, 0) is 0 Å². The topological polar surface area (TPSA) is 50.4 Å². The predicted octanol–water partition coefficient (Wildman–Crippen LogP) is 2.17. The Morgan fingerprint density at radius 2 is 2.07 bits per heavy atom. The smallest absolute Gasteiger partial charge is 0.184 e. The Kier molecular flexibility index (Phi) is 4.80. The monoisotopic (exact) mass is 239 g/mol. The van der Waals surface area contributed by atoms with Crippen LogP contribution in [0.2, 0.25) is 5.02 Å². The number of nitrogens with two attached hydrogens (primary N) is 1. The summed E-state index contributed by atoms with van der Waals surface area (Å²) in [5, 5.41) is 4.61. The van der Waals surface area contributed by atoms with Crippen LogP contribution in [0.25, 0.3) is 6.08 Å². The van der Waals surface area contributed by atoms with E-state index in [1.54, 1.807) is 12.3 Å². The predicted molar refractivity (Wildman–Crippen MR) is 68.9 cm³/mol. The van der Waals surface area contributed by atoms with Crippen LogP contribution in [0.1, 0.15) is 5.56 Å². The Morgan fingerprint density at radius 3 is 2.67 bits per heavy atom. The van der Waals surface area contributed by atoms with Crippen molar-refractivity contribution in [1.82, 2.24) is 5.43 Å². The highest BCUT2D eigenvalue weighted by atomic mass is 35.5. The largest absolute Gasteiger partial charge is 0.375 e. The number of hydrazone groups is 1. The lowest BCUT2D eigenvalue weighted by Crippen LogP contribution is -2.23. The highest BCUT2D eigenvalue weighted by molar-refractivity contribution is 7.80. The first-order valence-electron chi connectivity index (χ1n) is 4.19. The summed E-state index contributed by atoms with van der Waals surface area (Å²) < 4.78 is 0. The van der Waals surface area contributed by atoms with Gasteiger partial charge in [0.25, 0.3) is 0 Å². The fraction of sp³-hybridized carbons (Fsp3) is 0. The van der Waals surface area contributed by atoms with E-state index in [9.17, 15) is 0 Å². The molecule has 1 aromatic carbocycles. The van der Waals surface area contributed by atoms with E-state index in [1.807, 2.05) is 30.3 Å². The molecule has 3 N–H and O–H groups in total. The van der Waals surface area contributed by atoms with Crippen molar-refractivity contribution in [2.75, 3.05) is 0 Å². The molecule has 5 heteroatoms. The maximum absolute atomic E-state index is 5.74. The molecule has 0 fully saturated rings. The number of nitrogens with one attached hydrogen (secondary N) is 1. The minimum Gasteiger partial charge on any atom is -0.375 e. The third-order valence-electron chi connectivity index (χ3n) is 1.49. The maximum atomic E-state index is 5.74. The van der Waals surface area contributed by atoms with Gasteiger partial charge in [-0.1, -0.05) is 29.8 Å². The molecule has 1 rings (SSSR count). The van der Waals surface area contributed by atoms with Crippen LogP contribution in [0.4, 0.5) is 0 Å². The van der Waals surface area contributed by atoms with Gasteiger partial charge < -0.3 is 5.73 Å². The highest BCUT2D eigenvalue weighted by Gasteiger charge is 1.86. The van der Waals surface area contributed by atoms with Crippen molar-refractivity contribution >= 4 is 41.2 Å². The van der Waals surface area contributed by atoms with Crippen LogP contribution < -0.4 is 11.2 Å². The third kappa shape index (κ3) is 5.15. The molecule has 0 heterocycles. The molecular weight excluding hydrogens is 230 g/mol. The van der Waals surface area contributed by atoms with Gasteiger partial charge in [-0.3, -0.25) is 5.43 Å². The van der Waals surface area contributed by atoms with E-state index >= 15 is 0 Å². The molecule has 0 aliphatic carbocycles. The average Bonchev–Trinajstić information content (AvgIpc) is 2.20. The molecule has 0 atom stereocenters. The van der Waals surface area contributed by atoms with Crippen molar-refractivity contribution in [2.24, 2.45) is 10.8 Å². The van der Waals surface area contributed by atoms with Crippen molar-refractivity contribution in [2.45, 2.75) is 0 Å². The number of halogens is 1.